The standard InChI is InChI=1S/C20H26N4O3S/c1-4-22(5-2)11-12-23(18(27)13-24-16(25)9-10-17(24)26)20-21-19-14(3)7-6-8-15(19)28-20/h6-8H,4-5,9-13H2,1-3H3. The number of nitrogens with zero attached hydrogens (tertiary/aromatic N) is 4. The summed E-state index contributed by atoms with van der Waals surface area (Å²) in [6, 6.07) is 5.96. The number of para-hydroxylation sites is 1. The van der Waals surface area contributed by atoms with Crippen LogP contribution in [0.1, 0.15) is 32.3 Å². The predicted molar refractivity (Wildman–Crippen MR) is 110 cm³/mol. The number of fused-ring (bicyclic) bond motifs is 1. The zero-order valence-corrected chi connectivity index (χ0v) is 17.4. The second kappa shape index (κ2) is 8.79. The van der Waals surface area contributed by atoms with E-state index in [1.165, 1.54) is 11.3 Å². The Morgan fingerprint density at radius 2 is 1.82 bits per heavy atom. The van der Waals surface area contributed by atoms with Gasteiger partial charge in [-0.1, -0.05) is 37.3 Å². The molecule has 0 saturated carbocycles. The molecule has 1 aliphatic rings. The number of aryl methyl sites for hydroxylation is 1. The number of anilines is 1. The van der Waals surface area contributed by atoms with Crippen LogP contribution in [0, 0.1) is 6.92 Å². The maximum atomic E-state index is 13.1. The van der Waals surface area contributed by atoms with Crippen LogP contribution in [-0.2, 0) is 14.4 Å². The van der Waals surface area contributed by atoms with Gasteiger partial charge in [0.15, 0.2) is 5.13 Å². The van der Waals surface area contributed by atoms with Gasteiger partial charge in [0.2, 0.25) is 17.7 Å². The minimum Gasteiger partial charge on any atom is -0.302 e. The number of hydrogen-bond donors (Lipinski definition) is 0. The van der Waals surface area contributed by atoms with Gasteiger partial charge in [-0.2, -0.15) is 0 Å². The average Bonchev–Trinajstić information content (AvgIpc) is 3.24. The molecular formula is C20H26N4O3S. The van der Waals surface area contributed by atoms with Gasteiger partial charge in [0, 0.05) is 25.9 Å². The third-order valence-electron chi connectivity index (χ3n) is 5.12. The number of likely N-dealkylation sites (tertiary alicyclic amines) is 1. The summed E-state index contributed by atoms with van der Waals surface area (Å²) in [6.45, 7) is 8.89. The molecule has 1 fully saturated rings. The van der Waals surface area contributed by atoms with Crippen LogP contribution in [0.2, 0.25) is 0 Å². The number of carbonyl (C=O) groups is 3. The predicted octanol–water partition coefficient (Wildman–Crippen LogP) is 2.43. The number of likely N-dealkylation sites (N-methyl/N-ethyl adjacent to an activating group) is 1. The normalized spacial score (nSPS) is 14.5. The van der Waals surface area contributed by atoms with Gasteiger partial charge in [0.25, 0.3) is 0 Å². The van der Waals surface area contributed by atoms with Gasteiger partial charge in [-0.25, -0.2) is 4.98 Å². The molecule has 0 radical (unpaired) electrons. The fourth-order valence-electron chi connectivity index (χ4n) is 3.32. The number of hydrogen-bond acceptors (Lipinski definition) is 6. The van der Waals surface area contributed by atoms with Crippen LogP contribution in [0.15, 0.2) is 18.2 Å². The van der Waals surface area contributed by atoms with Crippen molar-refractivity contribution in [2.75, 3.05) is 37.6 Å². The van der Waals surface area contributed by atoms with Crippen LogP contribution >= 0.6 is 11.3 Å². The van der Waals surface area contributed by atoms with Crippen LogP contribution in [0.3, 0.4) is 0 Å². The van der Waals surface area contributed by atoms with E-state index < -0.39 is 0 Å². The van der Waals surface area contributed by atoms with Crippen LogP contribution < -0.4 is 4.90 Å². The van der Waals surface area contributed by atoms with Gasteiger partial charge in [-0.3, -0.25) is 24.2 Å². The molecule has 0 unspecified atom stereocenters. The molecular weight excluding hydrogens is 376 g/mol. The molecule has 0 N–H and O–H groups in total. The molecule has 0 spiro atoms. The first-order valence-electron chi connectivity index (χ1n) is 9.66. The van der Waals surface area contributed by atoms with Crippen LogP contribution in [-0.4, -0.2) is 65.2 Å². The van der Waals surface area contributed by atoms with Gasteiger partial charge in [-0.15, -0.1) is 0 Å². The van der Waals surface area contributed by atoms with E-state index in [9.17, 15) is 14.4 Å². The Labute approximate surface area is 168 Å². The molecule has 150 valence electrons. The van der Waals surface area contributed by atoms with E-state index in [0.717, 1.165) is 33.8 Å². The zero-order chi connectivity index (χ0) is 20.3. The first-order chi connectivity index (χ1) is 13.4. The molecule has 3 rings (SSSR count). The smallest absolute Gasteiger partial charge is 0.248 e. The molecule has 8 heteroatoms. The first-order valence-corrected chi connectivity index (χ1v) is 10.5. The lowest BCUT2D eigenvalue weighted by Gasteiger charge is -2.26. The number of amides is 3. The Bertz CT molecular complexity index is 875. The molecule has 1 aromatic heterocycles. The maximum Gasteiger partial charge on any atom is 0.248 e. The number of rotatable bonds is 8. The second-order valence-electron chi connectivity index (χ2n) is 6.86. The van der Waals surface area contributed by atoms with Crippen molar-refractivity contribution in [3.63, 3.8) is 0 Å². The summed E-state index contributed by atoms with van der Waals surface area (Å²) >= 11 is 1.46. The minimum atomic E-state index is -0.276. The van der Waals surface area contributed by atoms with Crippen LogP contribution in [0.25, 0.3) is 10.2 Å². The third-order valence-corrected chi connectivity index (χ3v) is 6.17. The first kappa shape index (κ1) is 20.4. The Balaban J connectivity index is 1.87. The molecule has 28 heavy (non-hydrogen) atoms. The van der Waals surface area contributed by atoms with E-state index >= 15 is 0 Å². The van der Waals surface area contributed by atoms with Crippen molar-refractivity contribution in [1.29, 1.82) is 0 Å². The molecule has 7 nitrogen and oxygen atoms in total. The monoisotopic (exact) mass is 402 g/mol. The largest absolute Gasteiger partial charge is 0.302 e. The Morgan fingerprint density at radius 3 is 2.43 bits per heavy atom. The second-order valence-corrected chi connectivity index (χ2v) is 7.87. The topological polar surface area (TPSA) is 73.8 Å². The molecule has 1 saturated heterocycles. The Morgan fingerprint density at radius 1 is 1.14 bits per heavy atom. The fraction of sp³-hybridized carbons (Fsp3) is 0.500. The van der Waals surface area contributed by atoms with Crippen molar-refractivity contribution in [3.8, 4) is 0 Å². The van der Waals surface area contributed by atoms with E-state index in [2.05, 4.69) is 18.7 Å². The number of imide groups is 1. The lowest BCUT2D eigenvalue weighted by atomic mass is 10.2. The SMILES string of the molecule is CCN(CC)CCN(C(=O)CN1C(=O)CCC1=O)c1nc2c(C)cccc2s1. The van der Waals surface area contributed by atoms with E-state index in [4.69, 9.17) is 4.98 Å². The lowest BCUT2D eigenvalue weighted by molar-refractivity contribution is -0.141. The van der Waals surface area contributed by atoms with Crippen molar-refractivity contribution < 1.29 is 14.4 Å². The summed E-state index contributed by atoms with van der Waals surface area (Å²) in [5.74, 6) is -0.822. The maximum absolute atomic E-state index is 13.1. The van der Waals surface area contributed by atoms with Gasteiger partial charge in [0.1, 0.15) is 6.54 Å². The zero-order valence-electron chi connectivity index (χ0n) is 16.6. The number of aromatic nitrogens is 1. The minimum absolute atomic E-state index is 0.186. The molecule has 0 bridgehead atoms. The Kier molecular flexibility index (Phi) is 6.41. The van der Waals surface area contributed by atoms with E-state index in [1.54, 1.807) is 4.90 Å². The summed E-state index contributed by atoms with van der Waals surface area (Å²) in [4.78, 5) is 46.6. The number of thiazole rings is 1. The van der Waals surface area contributed by atoms with Crippen molar-refractivity contribution in [1.82, 2.24) is 14.8 Å². The summed E-state index contributed by atoms with van der Waals surface area (Å²) in [6.07, 6.45) is 0.373. The lowest BCUT2D eigenvalue weighted by Crippen LogP contribution is -2.45. The van der Waals surface area contributed by atoms with E-state index in [0.29, 0.717) is 18.2 Å². The van der Waals surface area contributed by atoms with Gasteiger partial charge < -0.3 is 4.90 Å². The van der Waals surface area contributed by atoms with Crippen LogP contribution in [0.5, 0.6) is 0 Å². The Hall–Kier alpha value is -2.32. The van der Waals surface area contributed by atoms with Crippen molar-refractivity contribution in [2.45, 2.75) is 33.6 Å². The highest BCUT2D eigenvalue weighted by Crippen LogP contribution is 2.30. The van der Waals surface area contributed by atoms with E-state index in [1.807, 2.05) is 25.1 Å². The molecule has 1 aliphatic heterocycles. The van der Waals surface area contributed by atoms with Crippen LogP contribution in [0.4, 0.5) is 5.13 Å². The average molecular weight is 403 g/mol. The van der Waals surface area contributed by atoms with Gasteiger partial charge in [0.05, 0.1) is 10.2 Å². The molecule has 2 aromatic rings. The van der Waals surface area contributed by atoms with Gasteiger partial charge in [-0.05, 0) is 31.6 Å². The summed E-state index contributed by atoms with van der Waals surface area (Å²) in [7, 11) is 0. The highest BCUT2D eigenvalue weighted by Gasteiger charge is 2.32. The summed E-state index contributed by atoms with van der Waals surface area (Å²) < 4.78 is 1.02. The highest BCUT2D eigenvalue weighted by atomic mass is 32.1. The number of carbonyl (C=O) groups excluding carboxylic acids is 3. The number of benzene rings is 1. The molecule has 0 atom stereocenters. The summed E-state index contributed by atoms with van der Waals surface area (Å²) in [5, 5.41) is 0.612. The fourth-order valence-corrected chi connectivity index (χ4v) is 4.40. The van der Waals surface area contributed by atoms with Crippen molar-refractivity contribution in [3.05, 3.63) is 23.8 Å². The van der Waals surface area contributed by atoms with Crippen molar-refractivity contribution >= 4 is 44.4 Å². The molecule has 3 amide bonds. The molecule has 1 aromatic carbocycles. The van der Waals surface area contributed by atoms with Crippen molar-refractivity contribution in [2.24, 2.45) is 0 Å². The highest BCUT2D eigenvalue weighted by molar-refractivity contribution is 7.22. The summed E-state index contributed by atoms with van der Waals surface area (Å²) in [5.41, 5.74) is 1.94. The third kappa shape index (κ3) is 4.23. The van der Waals surface area contributed by atoms with Gasteiger partial charge >= 0.3 is 0 Å². The molecule has 0 aliphatic carbocycles. The van der Waals surface area contributed by atoms with E-state index in [-0.39, 0.29) is 37.1 Å². The quantitative estimate of drug-likeness (QED) is 0.634. The molecule has 2 heterocycles.